The molecule has 1 aliphatic rings. The van der Waals surface area contributed by atoms with Crippen molar-refractivity contribution in [3.05, 3.63) is 53.6 Å². The van der Waals surface area contributed by atoms with Crippen LogP contribution in [0.5, 0.6) is 5.75 Å². The van der Waals surface area contributed by atoms with E-state index >= 15 is 0 Å². The van der Waals surface area contributed by atoms with E-state index < -0.39 is 5.41 Å². The van der Waals surface area contributed by atoms with Gasteiger partial charge in [-0.05, 0) is 61.7 Å². The van der Waals surface area contributed by atoms with Gasteiger partial charge in [-0.15, -0.1) is 0 Å². The molecule has 0 saturated heterocycles. The van der Waals surface area contributed by atoms with Crippen LogP contribution >= 0.6 is 0 Å². The highest BCUT2D eigenvalue weighted by Crippen LogP contribution is 2.48. The third kappa shape index (κ3) is 3.38. The summed E-state index contributed by atoms with van der Waals surface area (Å²) in [5, 5.41) is 14.4. The van der Waals surface area contributed by atoms with Crippen molar-refractivity contribution in [2.24, 2.45) is 5.41 Å². The summed E-state index contributed by atoms with van der Waals surface area (Å²) in [4.78, 5) is 25.4. The summed E-state index contributed by atoms with van der Waals surface area (Å²) in [6.45, 7) is 1.92. The summed E-state index contributed by atoms with van der Waals surface area (Å²) in [6.07, 6.45) is 0.990. The zero-order valence-electron chi connectivity index (χ0n) is 14.6. The van der Waals surface area contributed by atoms with Gasteiger partial charge in [0.05, 0.1) is 24.4 Å². The Hall–Kier alpha value is -3.33. The topological polar surface area (TPSA) is 91.2 Å². The van der Waals surface area contributed by atoms with E-state index in [4.69, 9.17) is 10.00 Å². The van der Waals surface area contributed by atoms with Gasteiger partial charge < -0.3 is 15.4 Å². The second kappa shape index (κ2) is 6.89. The van der Waals surface area contributed by atoms with E-state index in [1.165, 1.54) is 7.11 Å². The lowest BCUT2D eigenvalue weighted by Crippen LogP contribution is -2.35. The lowest BCUT2D eigenvalue weighted by Gasteiger charge is -2.17. The summed E-state index contributed by atoms with van der Waals surface area (Å²) in [5.41, 5.74) is 1.53. The van der Waals surface area contributed by atoms with Crippen LogP contribution in [0.3, 0.4) is 0 Å². The van der Waals surface area contributed by atoms with Crippen LogP contribution in [0.2, 0.25) is 0 Å². The number of ether oxygens (including phenoxy) is 1. The molecule has 0 spiro atoms. The molecule has 0 aromatic heterocycles. The lowest BCUT2D eigenvalue weighted by molar-refractivity contribution is -0.131. The summed E-state index contributed by atoms with van der Waals surface area (Å²) in [7, 11) is 1.53. The van der Waals surface area contributed by atoms with Crippen LogP contribution in [0.1, 0.15) is 24.0 Å². The minimum atomic E-state index is -1.07. The highest BCUT2D eigenvalue weighted by Gasteiger charge is 2.56. The summed E-state index contributed by atoms with van der Waals surface area (Å²) in [6, 6.07) is 14.0. The number of methoxy groups -OCH3 is 1. The van der Waals surface area contributed by atoms with Gasteiger partial charge in [0.15, 0.2) is 0 Å². The van der Waals surface area contributed by atoms with Crippen LogP contribution in [0, 0.1) is 23.7 Å². The fourth-order valence-corrected chi connectivity index (χ4v) is 2.72. The number of aryl methyl sites for hydroxylation is 1. The first-order chi connectivity index (χ1) is 12.5. The van der Waals surface area contributed by atoms with E-state index in [1.54, 1.807) is 30.3 Å². The van der Waals surface area contributed by atoms with Crippen LogP contribution in [0.15, 0.2) is 42.5 Å². The predicted octanol–water partition coefficient (Wildman–Crippen LogP) is 3.23. The number of benzene rings is 2. The summed E-state index contributed by atoms with van der Waals surface area (Å²) < 4.78 is 5.27. The molecular formula is C20H19N3O3. The van der Waals surface area contributed by atoms with Gasteiger partial charge in [-0.2, -0.15) is 5.26 Å². The molecule has 0 atom stereocenters. The molecule has 0 unspecified atom stereocenters. The molecule has 2 amide bonds. The Kier molecular flexibility index (Phi) is 4.63. The zero-order chi connectivity index (χ0) is 18.7. The van der Waals surface area contributed by atoms with Crippen molar-refractivity contribution in [1.82, 2.24) is 0 Å². The number of anilines is 2. The predicted molar refractivity (Wildman–Crippen MR) is 97.8 cm³/mol. The molecule has 1 aliphatic carbocycles. The Morgan fingerprint density at radius 2 is 1.73 bits per heavy atom. The van der Waals surface area contributed by atoms with E-state index in [-0.39, 0.29) is 11.8 Å². The number of carbonyl (C=O) groups is 2. The number of hydrogen-bond donors (Lipinski definition) is 2. The molecule has 1 fully saturated rings. The Balaban J connectivity index is 1.73. The summed E-state index contributed by atoms with van der Waals surface area (Å²) in [5.74, 6) is -0.133. The number of nitrogens with one attached hydrogen (secondary N) is 2. The molecule has 2 N–H and O–H groups in total. The zero-order valence-corrected chi connectivity index (χ0v) is 14.6. The normalized spacial score (nSPS) is 14.0. The number of rotatable bonds is 5. The molecular weight excluding hydrogens is 330 g/mol. The summed E-state index contributed by atoms with van der Waals surface area (Å²) >= 11 is 0. The van der Waals surface area contributed by atoms with Crippen molar-refractivity contribution < 1.29 is 14.3 Å². The fraction of sp³-hybridized carbons (Fsp3) is 0.250. The molecule has 0 bridgehead atoms. The van der Waals surface area contributed by atoms with E-state index in [9.17, 15) is 9.59 Å². The highest BCUT2D eigenvalue weighted by atomic mass is 16.5. The Bertz CT molecular complexity index is 894. The number of hydrogen-bond acceptors (Lipinski definition) is 4. The molecule has 2 aromatic rings. The van der Waals surface area contributed by atoms with Gasteiger partial charge in [0.25, 0.3) is 0 Å². The Labute approximate surface area is 151 Å². The molecule has 6 nitrogen and oxygen atoms in total. The SMILES string of the molecule is COc1ccc(C)cc1NC(=O)C1(C(=O)Nc2ccc(C#N)cc2)CC1. The van der Waals surface area contributed by atoms with Crippen LogP contribution in [-0.4, -0.2) is 18.9 Å². The van der Waals surface area contributed by atoms with Gasteiger partial charge in [-0.3, -0.25) is 9.59 Å². The van der Waals surface area contributed by atoms with Gasteiger partial charge in [0.2, 0.25) is 11.8 Å². The third-order valence-electron chi connectivity index (χ3n) is 4.49. The molecule has 26 heavy (non-hydrogen) atoms. The molecule has 6 heteroatoms. The monoisotopic (exact) mass is 349 g/mol. The minimum Gasteiger partial charge on any atom is -0.495 e. The van der Waals surface area contributed by atoms with E-state index in [0.29, 0.717) is 35.5 Å². The second-order valence-electron chi connectivity index (χ2n) is 6.38. The first-order valence-electron chi connectivity index (χ1n) is 8.26. The lowest BCUT2D eigenvalue weighted by atomic mass is 10.0. The van der Waals surface area contributed by atoms with Crippen LogP contribution in [0.25, 0.3) is 0 Å². The Morgan fingerprint density at radius 3 is 2.31 bits per heavy atom. The second-order valence-corrected chi connectivity index (χ2v) is 6.38. The van der Waals surface area contributed by atoms with Crippen molar-refractivity contribution in [1.29, 1.82) is 5.26 Å². The van der Waals surface area contributed by atoms with Gasteiger partial charge in [0, 0.05) is 5.69 Å². The standard InChI is InChI=1S/C20H19N3O3/c1-13-3-8-17(26-2)16(11-13)23-19(25)20(9-10-20)18(24)22-15-6-4-14(12-21)5-7-15/h3-8,11H,9-10H2,1-2H3,(H,22,24)(H,23,25). The number of nitrogens with zero attached hydrogens (tertiary/aromatic N) is 1. The average Bonchev–Trinajstić information content (AvgIpc) is 3.45. The minimum absolute atomic E-state index is 0.340. The number of carbonyl (C=O) groups excluding carboxylic acids is 2. The van der Waals surface area contributed by atoms with Crippen molar-refractivity contribution in [3.8, 4) is 11.8 Å². The Morgan fingerprint density at radius 1 is 1.08 bits per heavy atom. The molecule has 0 heterocycles. The van der Waals surface area contributed by atoms with Crippen molar-refractivity contribution in [2.75, 3.05) is 17.7 Å². The van der Waals surface area contributed by atoms with Crippen LogP contribution in [-0.2, 0) is 9.59 Å². The van der Waals surface area contributed by atoms with Gasteiger partial charge >= 0.3 is 0 Å². The molecule has 0 aliphatic heterocycles. The highest BCUT2D eigenvalue weighted by molar-refractivity contribution is 6.17. The molecule has 0 radical (unpaired) electrons. The quantitative estimate of drug-likeness (QED) is 0.811. The van der Waals surface area contributed by atoms with Gasteiger partial charge in [-0.25, -0.2) is 0 Å². The molecule has 3 rings (SSSR count). The van der Waals surface area contributed by atoms with E-state index in [1.807, 2.05) is 25.1 Å². The molecule has 1 saturated carbocycles. The maximum Gasteiger partial charge on any atom is 0.240 e. The van der Waals surface area contributed by atoms with Gasteiger partial charge in [0.1, 0.15) is 11.2 Å². The maximum absolute atomic E-state index is 12.7. The fourth-order valence-electron chi connectivity index (χ4n) is 2.72. The van der Waals surface area contributed by atoms with Crippen molar-refractivity contribution >= 4 is 23.2 Å². The van der Waals surface area contributed by atoms with E-state index in [0.717, 1.165) is 5.56 Å². The number of nitriles is 1. The maximum atomic E-state index is 12.7. The molecule has 2 aromatic carbocycles. The van der Waals surface area contributed by atoms with Crippen LogP contribution in [0.4, 0.5) is 11.4 Å². The smallest absolute Gasteiger partial charge is 0.240 e. The first-order valence-corrected chi connectivity index (χ1v) is 8.26. The van der Waals surface area contributed by atoms with E-state index in [2.05, 4.69) is 10.6 Å². The average molecular weight is 349 g/mol. The number of amides is 2. The first kappa shape index (κ1) is 17.5. The van der Waals surface area contributed by atoms with Crippen LogP contribution < -0.4 is 15.4 Å². The molecule has 132 valence electrons. The van der Waals surface area contributed by atoms with Crippen molar-refractivity contribution in [2.45, 2.75) is 19.8 Å². The third-order valence-corrected chi connectivity index (χ3v) is 4.49. The van der Waals surface area contributed by atoms with Crippen molar-refractivity contribution in [3.63, 3.8) is 0 Å². The van der Waals surface area contributed by atoms with Gasteiger partial charge in [-0.1, -0.05) is 6.07 Å². The largest absolute Gasteiger partial charge is 0.495 e.